The predicted octanol–water partition coefficient (Wildman–Crippen LogP) is 4.66. The van der Waals surface area contributed by atoms with E-state index < -0.39 is 24.0 Å². The van der Waals surface area contributed by atoms with Crippen LogP contribution in [0.2, 0.25) is 0 Å². The van der Waals surface area contributed by atoms with Gasteiger partial charge in [-0.25, -0.2) is 0 Å². The van der Waals surface area contributed by atoms with Crippen LogP contribution in [-0.2, 0) is 38.2 Å². The number of amides is 1. The molecule has 1 atom stereocenters. The van der Waals surface area contributed by atoms with Gasteiger partial charge in [-0.15, -0.1) is 0 Å². The fourth-order valence-electron chi connectivity index (χ4n) is 7.50. The van der Waals surface area contributed by atoms with E-state index in [0.29, 0.717) is 78.0 Å². The second kappa shape index (κ2) is 36.4. The Hall–Kier alpha value is -3.90. The molecule has 1 aliphatic rings. The highest BCUT2D eigenvalue weighted by Gasteiger charge is 2.23. The Bertz CT molecular complexity index is 1370. The number of carboxylic acid groups (broad SMARTS) is 3. The van der Waals surface area contributed by atoms with E-state index in [-0.39, 0.29) is 70.3 Å². The molecule has 0 saturated carbocycles. The summed E-state index contributed by atoms with van der Waals surface area (Å²) in [5, 5.41) is 28.6. The molecule has 1 rings (SSSR count). The summed E-state index contributed by atoms with van der Waals surface area (Å²) in [7, 11) is 3.48. The number of aliphatic carboxylic acids is 3. The number of unbranched alkanes of at least 4 members (excludes halogenated alkanes) is 10. The van der Waals surface area contributed by atoms with Gasteiger partial charge in [-0.2, -0.15) is 0 Å². The van der Waals surface area contributed by atoms with Gasteiger partial charge in [0.25, 0.3) is 0 Å². The lowest BCUT2D eigenvalue weighted by atomic mass is 10.1. The number of nitrogens with zero attached hydrogens (tertiary/aromatic N) is 6. The van der Waals surface area contributed by atoms with Crippen molar-refractivity contribution in [1.29, 1.82) is 0 Å². The van der Waals surface area contributed by atoms with E-state index in [1.807, 2.05) is 23.6 Å². The lowest BCUT2D eigenvalue weighted by molar-refractivity contribution is -0.160. The second-order valence-corrected chi connectivity index (χ2v) is 16.8. The first kappa shape index (κ1) is 57.1. The summed E-state index contributed by atoms with van der Waals surface area (Å²) in [5.41, 5.74) is 0. The number of carboxylic acids is 3. The molecule has 1 unspecified atom stereocenters. The zero-order chi connectivity index (χ0) is 46.7. The first-order valence-electron chi connectivity index (χ1n) is 23.3. The normalized spacial score (nSPS) is 16.3. The predicted molar refractivity (Wildman–Crippen MR) is 243 cm³/mol. The van der Waals surface area contributed by atoms with Gasteiger partial charge in [-0.05, 0) is 78.8 Å². The lowest BCUT2D eigenvalue weighted by Crippen LogP contribution is -2.48. The molecule has 0 radical (unpaired) electrons. The van der Waals surface area contributed by atoms with Crippen LogP contribution in [0, 0.1) is 0 Å². The van der Waals surface area contributed by atoms with Gasteiger partial charge in [0.1, 0.15) is 12.7 Å². The third-order valence-corrected chi connectivity index (χ3v) is 10.9. The van der Waals surface area contributed by atoms with E-state index in [1.54, 1.807) is 33.7 Å². The van der Waals surface area contributed by atoms with Crippen molar-refractivity contribution < 1.29 is 53.6 Å². The molecule has 63 heavy (non-hydrogen) atoms. The van der Waals surface area contributed by atoms with E-state index in [9.17, 15) is 44.1 Å². The first-order chi connectivity index (χ1) is 30.2. The number of hydrogen-bond donors (Lipinski definition) is 3. The van der Waals surface area contributed by atoms with Crippen LogP contribution < -0.4 is 0 Å². The summed E-state index contributed by atoms with van der Waals surface area (Å²) < 4.78 is 11.5. The maximum atomic E-state index is 13.7. The van der Waals surface area contributed by atoms with Crippen LogP contribution in [0.25, 0.3) is 0 Å². The molecule has 1 saturated heterocycles. The van der Waals surface area contributed by atoms with Crippen molar-refractivity contribution in [1.82, 2.24) is 29.4 Å². The minimum atomic E-state index is -0.991. The number of carbonyl (C=O) groups excluding carboxylic acids is 3. The third-order valence-electron chi connectivity index (χ3n) is 10.9. The molecule has 0 aromatic rings. The molecule has 362 valence electrons. The Morgan fingerprint density at radius 2 is 0.952 bits per heavy atom. The molecule has 1 aliphatic heterocycles. The highest BCUT2D eigenvalue weighted by atomic mass is 16.6. The number of hydrogen-bond acceptors (Lipinski definition) is 13. The maximum Gasteiger partial charge on any atom is 0.317 e. The molecule has 0 bridgehead atoms. The van der Waals surface area contributed by atoms with Gasteiger partial charge >= 0.3 is 29.8 Å². The number of rotatable bonds is 31. The van der Waals surface area contributed by atoms with Crippen LogP contribution in [0.3, 0.4) is 0 Å². The average molecular weight is 895 g/mol. The summed E-state index contributed by atoms with van der Waals surface area (Å²) in [5.74, 6) is -3.83. The molecule has 17 heteroatoms. The van der Waals surface area contributed by atoms with E-state index in [1.165, 1.54) is 0 Å². The minimum Gasteiger partial charge on any atom is -0.480 e. The molecular formula is C46H82N6O11. The fraction of sp³-hybridized carbons (Fsp3) is 0.783. The SMILES string of the molecule is C/C=C\CCCCCCCC(=O)OC(COC(=O)CCCCCCC/C=C/C)CN(C)CN(C)C(=O)CN1CCCN(CC(=O)O)CCN(CC(=O)O)CCCN(CC(=O)O)CC1. The number of carbonyl (C=O) groups is 6. The van der Waals surface area contributed by atoms with E-state index in [4.69, 9.17) is 9.47 Å². The molecule has 3 N–H and O–H groups in total. The standard InChI is InChI=1S/C46H82N6O11/c1-5-7-9-11-13-15-17-19-23-45(60)62-38-40(63-46(61)24-20-18-16-14-12-10-8-6-2)33-47(3)39-48(4)41(53)34-49-25-21-26-51(36-43(56)57)31-32-52(37-44(58)59)28-22-27-50(30-29-49)35-42(54)55/h5-8,40H,9-39H2,1-4H3,(H,54,55)(H,56,57)(H,58,59)/b7-5+,8-6-. The van der Waals surface area contributed by atoms with Crippen LogP contribution in [0.5, 0.6) is 0 Å². The zero-order valence-corrected chi connectivity index (χ0v) is 39.1. The van der Waals surface area contributed by atoms with Crippen molar-refractivity contribution in [2.75, 3.05) is 112 Å². The van der Waals surface area contributed by atoms with Gasteiger partial charge in [0.2, 0.25) is 5.91 Å². The smallest absolute Gasteiger partial charge is 0.317 e. The zero-order valence-electron chi connectivity index (χ0n) is 39.1. The molecule has 0 aromatic carbocycles. The summed E-state index contributed by atoms with van der Waals surface area (Å²) >= 11 is 0. The monoisotopic (exact) mass is 895 g/mol. The Morgan fingerprint density at radius 3 is 1.38 bits per heavy atom. The van der Waals surface area contributed by atoms with Gasteiger partial charge in [0.05, 0.1) is 32.8 Å². The molecule has 17 nitrogen and oxygen atoms in total. The van der Waals surface area contributed by atoms with Gasteiger partial charge < -0.3 is 29.7 Å². The Kier molecular flexibility index (Phi) is 33.0. The summed E-state index contributed by atoms with van der Waals surface area (Å²) in [6.45, 7) is 6.91. The summed E-state index contributed by atoms with van der Waals surface area (Å²) in [4.78, 5) is 84.9. The minimum absolute atomic E-state index is 0.0394. The molecule has 0 aromatic heterocycles. The number of allylic oxidation sites excluding steroid dienone is 4. The van der Waals surface area contributed by atoms with Crippen LogP contribution in [0.1, 0.15) is 117 Å². The van der Waals surface area contributed by atoms with Gasteiger partial charge in [-0.3, -0.25) is 53.3 Å². The Morgan fingerprint density at radius 1 is 0.556 bits per heavy atom. The van der Waals surface area contributed by atoms with E-state index in [0.717, 1.165) is 70.6 Å². The maximum absolute atomic E-state index is 13.7. The van der Waals surface area contributed by atoms with Gasteiger partial charge in [0.15, 0.2) is 0 Å². The lowest BCUT2D eigenvalue weighted by Gasteiger charge is -2.32. The molecule has 0 aliphatic carbocycles. The molecule has 1 amide bonds. The van der Waals surface area contributed by atoms with Crippen molar-refractivity contribution in [3.8, 4) is 0 Å². The van der Waals surface area contributed by atoms with Gasteiger partial charge in [-0.1, -0.05) is 62.8 Å². The summed E-state index contributed by atoms with van der Waals surface area (Å²) in [6, 6.07) is 0. The van der Waals surface area contributed by atoms with Crippen molar-refractivity contribution >= 4 is 35.8 Å². The van der Waals surface area contributed by atoms with E-state index in [2.05, 4.69) is 24.3 Å². The van der Waals surface area contributed by atoms with Crippen LogP contribution in [0.15, 0.2) is 24.3 Å². The van der Waals surface area contributed by atoms with Crippen molar-refractivity contribution in [3.05, 3.63) is 24.3 Å². The van der Waals surface area contributed by atoms with Crippen molar-refractivity contribution in [2.45, 2.75) is 123 Å². The van der Waals surface area contributed by atoms with Gasteiger partial charge in [0, 0.05) is 72.2 Å². The molecule has 1 heterocycles. The fourth-order valence-corrected chi connectivity index (χ4v) is 7.50. The van der Waals surface area contributed by atoms with Crippen molar-refractivity contribution in [3.63, 3.8) is 0 Å². The Labute approximate surface area is 377 Å². The number of likely N-dealkylation sites (N-methyl/N-ethyl adjacent to an activating group) is 2. The highest BCUT2D eigenvalue weighted by molar-refractivity contribution is 5.78. The molecule has 1 fully saturated rings. The Balaban J connectivity index is 2.92. The topological polar surface area (TPSA) is 201 Å². The van der Waals surface area contributed by atoms with Crippen LogP contribution in [-0.4, -0.2) is 199 Å². The van der Waals surface area contributed by atoms with E-state index >= 15 is 0 Å². The second-order valence-electron chi connectivity index (χ2n) is 16.8. The van der Waals surface area contributed by atoms with Crippen LogP contribution in [0.4, 0.5) is 0 Å². The summed E-state index contributed by atoms with van der Waals surface area (Å²) in [6.07, 6.45) is 21.3. The first-order valence-corrected chi connectivity index (χ1v) is 23.3. The van der Waals surface area contributed by atoms with Crippen LogP contribution >= 0.6 is 0 Å². The third kappa shape index (κ3) is 32.4. The largest absolute Gasteiger partial charge is 0.480 e. The molecular weight excluding hydrogens is 813 g/mol. The quantitative estimate of drug-likeness (QED) is 0.0375. The number of ether oxygens (including phenoxy) is 2. The molecule has 0 spiro atoms. The number of esters is 2. The van der Waals surface area contributed by atoms with Crippen molar-refractivity contribution in [2.24, 2.45) is 0 Å². The average Bonchev–Trinajstić information content (AvgIpc) is 3.21. The highest BCUT2D eigenvalue weighted by Crippen LogP contribution is 2.12.